The Hall–Kier alpha value is -0.800. The molecule has 2 heterocycles. The Morgan fingerprint density at radius 1 is 1.35 bits per heavy atom. The summed E-state index contributed by atoms with van der Waals surface area (Å²) in [5.41, 5.74) is 0.995. The molecule has 2 rings (SSSR count). The molecule has 1 fully saturated rings. The average Bonchev–Trinajstić information content (AvgIpc) is 2.83. The van der Waals surface area contributed by atoms with Gasteiger partial charge in [0.1, 0.15) is 5.82 Å². The molecular formula is C13H20ClN3. The van der Waals surface area contributed by atoms with Gasteiger partial charge in [-0.2, -0.15) is 0 Å². The molecule has 1 aromatic heterocycles. The third kappa shape index (κ3) is 3.58. The van der Waals surface area contributed by atoms with E-state index in [1.807, 2.05) is 12.1 Å². The van der Waals surface area contributed by atoms with Gasteiger partial charge < -0.3 is 5.32 Å². The van der Waals surface area contributed by atoms with Crippen LogP contribution in [0.2, 0.25) is 5.02 Å². The van der Waals surface area contributed by atoms with Crippen LogP contribution in [-0.2, 0) is 6.54 Å². The highest BCUT2D eigenvalue weighted by molar-refractivity contribution is 6.31. The Bertz CT molecular complexity index is 362. The van der Waals surface area contributed by atoms with Crippen LogP contribution in [0.3, 0.4) is 0 Å². The van der Waals surface area contributed by atoms with E-state index in [0.717, 1.165) is 36.0 Å². The van der Waals surface area contributed by atoms with E-state index in [1.54, 1.807) is 0 Å². The van der Waals surface area contributed by atoms with Crippen LogP contribution in [-0.4, -0.2) is 29.5 Å². The molecule has 1 aliphatic rings. The van der Waals surface area contributed by atoms with Crippen molar-refractivity contribution in [3.05, 3.63) is 22.8 Å². The molecule has 0 amide bonds. The SMILES string of the molecule is CCCNc1ccc(Cl)c(CN2CCCC2)n1. The fourth-order valence-corrected chi connectivity index (χ4v) is 2.26. The lowest BCUT2D eigenvalue weighted by atomic mass is 10.3. The minimum atomic E-state index is 0.777. The molecule has 0 radical (unpaired) electrons. The van der Waals surface area contributed by atoms with Crippen molar-refractivity contribution in [1.29, 1.82) is 0 Å². The third-order valence-corrected chi connectivity index (χ3v) is 3.39. The van der Waals surface area contributed by atoms with Gasteiger partial charge in [-0.25, -0.2) is 4.98 Å². The Morgan fingerprint density at radius 2 is 2.12 bits per heavy atom. The number of rotatable bonds is 5. The number of anilines is 1. The molecule has 1 aliphatic heterocycles. The molecule has 0 aromatic carbocycles. The highest BCUT2D eigenvalue weighted by atomic mass is 35.5. The lowest BCUT2D eigenvalue weighted by molar-refractivity contribution is 0.327. The molecule has 1 saturated heterocycles. The zero-order valence-electron chi connectivity index (χ0n) is 10.4. The first-order valence-corrected chi connectivity index (χ1v) is 6.79. The summed E-state index contributed by atoms with van der Waals surface area (Å²) in [7, 11) is 0. The van der Waals surface area contributed by atoms with Crippen LogP contribution in [0.25, 0.3) is 0 Å². The molecule has 0 saturated carbocycles. The molecule has 17 heavy (non-hydrogen) atoms. The fourth-order valence-electron chi connectivity index (χ4n) is 2.10. The van der Waals surface area contributed by atoms with Gasteiger partial charge in [0.2, 0.25) is 0 Å². The van der Waals surface area contributed by atoms with Gasteiger partial charge >= 0.3 is 0 Å². The molecular weight excluding hydrogens is 234 g/mol. The number of likely N-dealkylation sites (tertiary alicyclic amines) is 1. The Kier molecular flexibility index (Phi) is 4.63. The minimum Gasteiger partial charge on any atom is -0.370 e. The summed E-state index contributed by atoms with van der Waals surface area (Å²) in [6.45, 7) is 6.32. The second-order valence-electron chi connectivity index (χ2n) is 4.54. The van der Waals surface area contributed by atoms with Crippen molar-refractivity contribution < 1.29 is 0 Å². The minimum absolute atomic E-state index is 0.777. The molecule has 4 heteroatoms. The predicted octanol–water partition coefficient (Wildman–Crippen LogP) is 3.15. The molecule has 0 atom stereocenters. The molecule has 94 valence electrons. The first kappa shape index (κ1) is 12.7. The Balaban J connectivity index is 2.03. The van der Waals surface area contributed by atoms with E-state index in [4.69, 9.17) is 11.6 Å². The smallest absolute Gasteiger partial charge is 0.126 e. The van der Waals surface area contributed by atoms with Crippen LogP contribution < -0.4 is 5.32 Å². The highest BCUT2D eigenvalue weighted by Crippen LogP contribution is 2.20. The van der Waals surface area contributed by atoms with Crippen molar-refractivity contribution >= 4 is 17.4 Å². The number of hydrogen-bond acceptors (Lipinski definition) is 3. The third-order valence-electron chi connectivity index (χ3n) is 3.05. The van der Waals surface area contributed by atoms with Crippen molar-refractivity contribution in [1.82, 2.24) is 9.88 Å². The Morgan fingerprint density at radius 3 is 2.82 bits per heavy atom. The molecule has 0 unspecified atom stereocenters. The second kappa shape index (κ2) is 6.22. The molecule has 1 N–H and O–H groups in total. The predicted molar refractivity (Wildman–Crippen MR) is 72.5 cm³/mol. The summed E-state index contributed by atoms with van der Waals surface area (Å²) in [5.74, 6) is 0.936. The van der Waals surface area contributed by atoms with Gasteiger partial charge in [0.05, 0.1) is 10.7 Å². The molecule has 1 aromatic rings. The first-order valence-electron chi connectivity index (χ1n) is 6.41. The van der Waals surface area contributed by atoms with Crippen molar-refractivity contribution in [3.8, 4) is 0 Å². The highest BCUT2D eigenvalue weighted by Gasteiger charge is 2.14. The summed E-state index contributed by atoms with van der Waals surface area (Å²) in [6, 6.07) is 3.89. The number of nitrogens with zero attached hydrogens (tertiary/aromatic N) is 2. The van der Waals surface area contributed by atoms with E-state index >= 15 is 0 Å². The number of hydrogen-bond donors (Lipinski definition) is 1. The van der Waals surface area contributed by atoms with Gasteiger partial charge in [-0.15, -0.1) is 0 Å². The lowest BCUT2D eigenvalue weighted by Crippen LogP contribution is -2.19. The summed E-state index contributed by atoms with van der Waals surface area (Å²) in [4.78, 5) is 7.00. The number of nitrogens with one attached hydrogen (secondary N) is 1. The summed E-state index contributed by atoms with van der Waals surface area (Å²) >= 11 is 6.19. The topological polar surface area (TPSA) is 28.2 Å². The molecule has 0 bridgehead atoms. The summed E-state index contributed by atoms with van der Waals surface area (Å²) in [5, 5.41) is 4.08. The van der Waals surface area contributed by atoms with Crippen LogP contribution in [0.4, 0.5) is 5.82 Å². The van der Waals surface area contributed by atoms with E-state index in [2.05, 4.69) is 22.1 Å². The zero-order chi connectivity index (χ0) is 12.1. The van der Waals surface area contributed by atoms with Gasteiger partial charge in [0.25, 0.3) is 0 Å². The van der Waals surface area contributed by atoms with E-state index in [1.165, 1.54) is 25.9 Å². The van der Waals surface area contributed by atoms with Crippen molar-refractivity contribution in [2.24, 2.45) is 0 Å². The number of halogens is 1. The van der Waals surface area contributed by atoms with E-state index in [0.29, 0.717) is 0 Å². The maximum Gasteiger partial charge on any atom is 0.126 e. The summed E-state index contributed by atoms with van der Waals surface area (Å²) < 4.78 is 0. The van der Waals surface area contributed by atoms with Crippen LogP contribution in [0, 0.1) is 0 Å². The van der Waals surface area contributed by atoms with Gasteiger partial charge in [-0.05, 0) is 44.5 Å². The van der Waals surface area contributed by atoms with Gasteiger partial charge in [-0.1, -0.05) is 18.5 Å². The number of pyridine rings is 1. The van der Waals surface area contributed by atoms with Crippen molar-refractivity contribution in [3.63, 3.8) is 0 Å². The standard InChI is InChI=1S/C13H20ClN3/c1-2-7-15-13-6-5-11(14)12(16-13)10-17-8-3-4-9-17/h5-6H,2-4,7-10H2,1H3,(H,15,16). The Labute approximate surface area is 108 Å². The van der Waals surface area contributed by atoms with Crippen molar-refractivity contribution in [2.75, 3.05) is 25.0 Å². The van der Waals surface area contributed by atoms with Crippen LogP contribution in [0.15, 0.2) is 12.1 Å². The van der Waals surface area contributed by atoms with Crippen LogP contribution >= 0.6 is 11.6 Å². The fraction of sp³-hybridized carbons (Fsp3) is 0.615. The average molecular weight is 254 g/mol. The van der Waals surface area contributed by atoms with Gasteiger partial charge in [0, 0.05) is 13.1 Å². The van der Waals surface area contributed by atoms with Gasteiger partial charge in [0.15, 0.2) is 0 Å². The molecule has 0 spiro atoms. The number of aromatic nitrogens is 1. The largest absolute Gasteiger partial charge is 0.370 e. The molecule has 0 aliphatic carbocycles. The maximum atomic E-state index is 6.19. The second-order valence-corrected chi connectivity index (χ2v) is 4.94. The van der Waals surface area contributed by atoms with Crippen LogP contribution in [0.5, 0.6) is 0 Å². The van der Waals surface area contributed by atoms with E-state index in [9.17, 15) is 0 Å². The molecule has 3 nitrogen and oxygen atoms in total. The monoisotopic (exact) mass is 253 g/mol. The normalized spacial score (nSPS) is 16.4. The summed E-state index contributed by atoms with van der Waals surface area (Å²) in [6.07, 6.45) is 3.70. The van der Waals surface area contributed by atoms with Crippen molar-refractivity contribution in [2.45, 2.75) is 32.7 Å². The van der Waals surface area contributed by atoms with E-state index in [-0.39, 0.29) is 0 Å². The zero-order valence-corrected chi connectivity index (χ0v) is 11.1. The van der Waals surface area contributed by atoms with Gasteiger partial charge in [-0.3, -0.25) is 4.90 Å². The van der Waals surface area contributed by atoms with Crippen LogP contribution in [0.1, 0.15) is 31.9 Å². The maximum absolute atomic E-state index is 6.19. The quantitative estimate of drug-likeness (QED) is 0.874. The van der Waals surface area contributed by atoms with E-state index < -0.39 is 0 Å². The first-order chi connectivity index (χ1) is 8.29. The lowest BCUT2D eigenvalue weighted by Gasteiger charge is -2.15.